The topological polar surface area (TPSA) is 192 Å². The van der Waals surface area contributed by atoms with Gasteiger partial charge in [-0.05, 0) is 0 Å². The first kappa shape index (κ1) is 22.4. The molecule has 0 aromatic rings. The number of carbonyl (C=O) groups excluding carboxylic acids is 3. The van der Waals surface area contributed by atoms with Crippen molar-refractivity contribution in [3.63, 3.8) is 0 Å². The van der Waals surface area contributed by atoms with Gasteiger partial charge in [0.2, 0.25) is 5.91 Å². The first-order chi connectivity index (χ1) is 12.1. The molecule has 12 nitrogen and oxygen atoms in total. The van der Waals surface area contributed by atoms with Crippen molar-refractivity contribution >= 4 is 17.8 Å². The van der Waals surface area contributed by atoms with E-state index in [2.05, 4.69) is 10.1 Å². The highest BCUT2D eigenvalue weighted by Crippen LogP contribution is 2.31. The number of aliphatic hydroxyl groups excluding tert-OH is 4. The number of rotatable bonds is 7. The van der Waals surface area contributed by atoms with Gasteiger partial charge in [0.15, 0.2) is 0 Å². The first-order valence-electron chi connectivity index (χ1n) is 7.62. The molecular formula is C14H23NO11. The fourth-order valence-corrected chi connectivity index (χ4v) is 2.54. The minimum absolute atomic E-state index is 0.690. The summed E-state index contributed by atoms with van der Waals surface area (Å²) in [7, 11) is 1.15. The average Bonchev–Trinajstić information content (AvgIpc) is 2.57. The van der Waals surface area contributed by atoms with E-state index in [1.54, 1.807) is 0 Å². The molecule has 1 saturated heterocycles. The molecule has 3 unspecified atom stereocenters. The quantitative estimate of drug-likeness (QED) is 0.185. The maximum atomic E-state index is 11.9. The van der Waals surface area contributed by atoms with Crippen molar-refractivity contribution in [3.05, 3.63) is 0 Å². The van der Waals surface area contributed by atoms with Crippen molar-refractivity contribution in [1.82, 2.24) is 5.32 Å². The summed E-state index contributed by atoms with van der Waals surface area (Å²) in [6.07, 6.45) is -7.07. The molecule has 0 saturated carbocycles. The highest BCUT2D eigenvalue weighted by atomic mass is 16.7. The van der Waals surface area contributed by atoms with Crippen LogP contribution in [0, 0.1) is 0 Å². The number of esters is 2. The molecule has 1 fully saturated rings. The van der Waals surface area contributed by atoms with Crippen LogP contribution in [0.3, 0.4) is 0 Å². The van der Waals surface area contributed by atoms with Gasteiger partial charge in [0.05, 0.1) is 18.8 Å². The molecule has 150 valence electrons. The van der Waals surface area contributed by atoms with Crippen LogP contribution in [0.5, 0.6) is 0 Å². The van der Waals surface area contributed by atoms with Gasteiger partial charge in [-0.25, -0.2) is 4.79 Å². The van der Waals surface area contributed by atoms with E-state index in [0.717, 1.165) is 14.0 Å². The molecule has 1 amide bonds. The van der Waals surface area contributed by atoms with Gasteiger partial charge in [-0.3, -0.25) is 9.59 Å². The molecule has 26 heavy (non-hydrogen) atoms. The minimum Gasteiger partial charge on any atom is -0.394 e. The number of hydrogen-bond acceptors (Lipinski definition) is 11. The number of ether oxygens (including phenoxy) is 3. The Balaban J connectivity index is 3.16. The third-order valence-electron chi connectivity index (χ3n) is 3.81. The Kier molecular flexibility index (Phi) is 8.02. The molecule has 0 spiro atoms. The summed E-state index contributed by atoms with van der Waals surface area (Å²) < 4.78 is 14.3. The molecule has 1 aliphatic heterocycles. The van der Waals surface area contributed by atoms with Gasteiger partial charge >= 0.3 is 11.9 Å². The van der Waals surface area contributed by atoms with E-state index in [9.17, 15) is 34.8 Å². The first-order valence-corrected chi connectivity index (χ1v) is 7.62. The largest absolute Gasteiger partial charge is 0.394 e. The Morgan fingerprint density at radius 1 is 1.35 bits per heavy atom. The highest BCUT2D eigenvalue weighted by molar-refractivity contribution is 5.88. The Labute approximate surface area is 148 Å². The van der Waals surface area contributed by atoms with Crippen LogP contribution in [0.2, 0.25) is 0 Å². The summed E-state index contributed by atoms with van der Waals surface area (Å²) in [6.45, 7) is -0.717. The predicted molar refractivity (Wildman–Crippen MR) is 80.1 cm³/mol. The SMILES string of the molecule is COC(CO)C(O)[C@@H]1OC(O)(C(=O)OC(C)=O)C[C@H](O)[C@H]1NC(=O)CO. The number of methoxy groups -OCH3 is 1. The van der Waals surface area contributed by atoms with Crippen LogP contribution in [0.15, 0.2) is 0 Å². The molecule has 1 aliphatic rings. The van der Waals surface area contributed by atoms with Crippen molar-refractivity contribution in [1.29, 1.82) is 0 Å². The fourth-order valence-electron chi connectivity index (χ4n) is 2.54. The maximum Gasteiger partial charge on any atom is 0.374 e. The zero-order valence-corrected chi connectivity index (χ0v) is 14.2. The molecular weight excluding hydrogens is 358 g/mol. The van der Waals surface area contributed by atoms with Crippen LogP contribution in [-0.4, -0.2) is 99.9 Å². The highest BCUT2D eigenvalue weighted by Gasteiger charge is 2.55. The van der Waals surface area contributed by atoms with Crippen LogP contribution in [0.25, 0.3) is 0 Å². The standard InChI is InChI=1S/C14H23NO11/c1-6(18)25-13(22)14(23)3-7(19)10(15-9(20)5-17)12(26-14)11(21)8(4-16)24-2/h7-8,10-12,16-17,19,21,23H,3-5H2,1-2H3,(H,15,20)/t7-,8?,10+,11?,12+,14?/m0/s1. The molecule has 0 bridgehead atoms. The van der Waals surface area contributed by atoms with E-state index in [1.807, 2.05) is 0 Å². The lowest BCUT2D eigenvalue weighted by Gasteiger charge is -2.45. The monoisotopic (exact) mass is 381 g/mol. The zero-order chi connectivity index (χ0) is 20.1. The lowest BCUT2D eigenvalue weighted by Crippen LogP contribution is -2.68. The Morgan fingerprint density at radius 3 is 2.42 bits per heavy atom. The number of hydrogen-bond donors (Lipinski definition) is 6. The zero-order valence-electron chi connectivity index (χ0n) is 14.2. The molecule has 6 N–H and O–H groups in total. The van der Waals surface area contributed by atoms with Crippen molar-refractivity contribution in [2.75, 3.05) is 20.3 Å². The number of aliphatic hydroxyl groups is 5. The molecule has 0 aromatic heterocycles. The molecule has 0 radical (unpaired) electrons. The normalized spacial score (nSPS) is 31.0. The molecule has 1 rings (SSSR count). The van der Waals surface area contributed by atoms with Gasteiger partial charge < -0.3 is 45.1 Å². The van der Waals surface area contributed by atoms with Crippen molar-refractivity contribution in [2.24, 2.45) is 0 Å². The van der Waals surface area contributed by atoms with Crippen LogP contribution in [-0.2, 0) is 28.6 Å². The second-order valence-corrected chi connectivity index (χ2v) is 5.72. The second-order valence-electron chi connectivity index (χ2n) is 5.72. The number of amides is 1. The Bertz CT molecular complexity index is 523. The third-order valence-corrected chi connectivity index (χ3v) is 3.81. The van der Waals surface area contributed by atoms with Gasteiger partial charge in [0.25, 0.3) is 5.79 Å². The van der Waals surface area contributed by atoms with Crippen molar-refractivity contribution in [2.45, 2.75) is 49.6 Å². The third kappa shape index (κ3) is 5.17. The van der Waals surface area contributed by atoms with E-state index in [0.29, 0.717) is 0 Å². The van der Waals surface area contributed by atoms with Gasteiger partial charge in [-0.2, -0.15) is 0 Å². The lowest BCUT2D eigenvalue weighted by atomic mass is 9.88. The average molecular weight is 381 g/mol. The van der Waals surface area contributed by atoms with Crippen LogP contribution >= 0.6 is 0 Å². The van der Waals surface area contributed by atoms with E-state index in [-0.39, 0.29) is 0 Å². The fraction of sp³-hybridized carbons (Fsp3) is 0.786. The van der Waals surface area contributed by atoms with E-state index in [4.69, 9.17) is 14.6 Å². The van der Waals surface area contributed by atoms with E-state index in [1.165, 1.54) is 0 Å². The second kappa shape index (κ2) is 9.32. The summed E-state index contributed by atoms with van der Waals surface area (Å²) in [5.41, 5.74) is 0. The summed E-state index contributed by atoms with van der Waals surface area (Å²) in [6, 6.07) is -1.38. The predicted octanol–water partition coefficient (Wildman–Crippen LogP) is -4.24. The van der Waals surface area contributed by atoms with E-state index < -0.39 is 73.7 Å². The van der Waals surface area contributed by atoms with Crippen molar-refractivity contribution in [3.8, 4) is 0 Å². The van der Waals surface area contributed by atoms with E-state index >= 15 is 0 Å². The summed E-state index contributed by atoms with van der Waals surface area (Å²) in [5.74, 6) is -6.29. The lowest BCUT2D eigenvalue weighted by molar-refractivity contribution is -0.296. The smallest absolute Gasteiger partial charge is 0.374 e. The van der Waals surface area contributed by atoms with Gasteiger partial charge in [-0.1, -0.05) is 0 Å². The Morgan fingerprint density at radius 2 is 1.96 bits per heavy atom. The molecule has 0 aliphatic carbocycles. The molecule has 0 aromatic carbocycles. The van der Waals surface area contributed by atoms with Gasteiger partial charge in [-0.15, -0.1) is 0 Å². The molecule has 6 atom stereocenters. The maximum absolute atomic E-state index is 11.9. The van der Waals surface area contributed by atoms with Crippen LogP contribution in [0.1, 0.15) is 13.3 Å². The molecule has 1 heterocycles. The summed E-state index contributed by atoms with van der Waals surface area (Å²) in [5, 5.41) is 51.2. The van der Waals surface area contributed by atoms with Crippen molar-refractivity contribution < 1.29 is 54.1 Å². The van der Waals surface area contributed by atoms with Crippen LogP contribution in [0.4, 0.5) is 0 Å². The number of carbonyl (C=O) groups is 3. The number of nitrogens with one attached hydrogen (secondary N) is 1. The summed E-state index contributed by atoms with van der Waals surface area (Å²) >= 11 is 0. The van der Waals surface area contributed by atoms with Gasteiger partial charge in [0.1, 0.15) is 24.9 Å². The minimum atomic E-state index is -2.80. The molecule has 12 heteroatoms. The Hall–Kier alpha value is -1.67. The van der Waals surface area contributed by atoms with Crippen LogP contribution < -0.4 is 5.32 Å². The van der Waals surface area contributed by atoms with Gasteiger partial charge in [0, 0.05) is 20.5 Å². The summed E-state index contributed by atoms with van der Waals surface area (Å²) in [4.78, 5) is 34.3.